The Morgan fingerprint density at radius 2 is 2.00 bits per heavy atom. The van der Waals surface area contributed by atoms with Gasteiger partial charge in [0.05, 0.1) is 6.54 Å². The number of rotatable bonds is 6. The third-order valence-electron chi connectivity index (χ3n) is 3.45. The Labute approximate surface area is 101 Å². The lowest BCUT2D eigenvalue weighted by Crippen LogP contribution is -2.35. The molecule has 0 amide bonds. The average Bonchev–Trinajstić information content (AvgIpc) is 2.34. The minimum atomic E-state index is 0.837. The molecule has 1 N–H and O–H groups in total. The summed E-state index contributed by atoms with van der Waals surface area (Å²) in [7, 11) is 2.28. The predicted molar refractivity (Wildman–Crippen MR) is 70.4 cm³/mol. The van der Waals surface area contributed by atoms with Crippen molar-refractivity contribution in [2.75, 3.05) is 26.7 Å². The lowest BCUT2D eigenvalue weighted by molar-refractivity contribution is 0.190. The SMILES string of the molecule is CC#CCNCCCN(C)C1CCCCC1. The van der Waals surface area contributed by atoms with Gasteiger partial charge in [-0.1, -0.05) is 25.2 Å². The lowest BCUT2D eigenvalue weighted by atomic mass is 9.94. The predicted octanol–water partition coefficient (Wildman–Crippen LogP) is 2.25. The highest BCUT2D eigenvalue weighted by molar-refractivity contribution is 4.96. The van der Waals surface area contributed by atoms with Gasteiger partial charge in [-0.05, 0) is 46.3 Å². The molecule has 0 bridgehead atoms. The molecule has 0 heterocycles. The smallest absolute Gasteiger partial charge is 0.0576 e. The van der Waals surface area contributed by atoms with E-state index in [9.17, 15) is 0 Å². The van der Waals surface area contributed by atoms with Crippen LogP contribution in [0.25, 0.3) is 0 Å². The molecule has 0 aromatic heterocycles. The summed E-state index contributed by atoms with van der Waals surface area (Å²) in [6.07, 6.45) is 8.36. The van der Waals surface area contributed by atoms with E-state index in [0.717, 1.165) is 19.1 Å². The molecule has 0 radical (unpaired) electrons. The van der Waals surface area contributed by atoms with E-state index in [1.54, 1.807) is 0 Å². The van der Waals surface area contributed by atoms with E-state index in [1.165, 1.54) is 45.1 Å². The summed E-state index contributed by atoms with van der Waals surface area (Å²) in [6.45, 7) is 5.03. The maximum Gasteiger partial charge on any atom is 0.0576 e. The van der Waals surface area contributed by atoms with Crippen LogP contribution in [0.5, 0.6) is 0 Å². The van der Waals surface area contributed by atoms with Crippen molar-refractivity contribution in [3.63, 3.8) is 0 Å². The Hall–Kier alpha value is -0.520. The summed E-state index contributed by atoms with van der Waals surface area (Å²) in [5.74, 6) is 5.92. The third kappa shape index (κ3) is 5.53. The van der Waals surface area contributed by atoms with Crippen LogP contribution in [-0.2, 0) is 0 Å². The van der Waals surface area contributed by atoms with Gasteiger partial charge in [-0.3, -0.25) is 0 Å². The molecule has 2 nitrogen and oxygen atoms in total. The van der Waals surface area contributed by atoms with Crippen LogP contribution in [0.15, 0.2) is 0 Å². The molecule has 0 spiro atoms. The molecule has 1 aliphatic rings. The fraction of sp³-hybridized carbons (Fsp3) is 0.857. The Morgan fingerprint density at radius 3 is 2.69 bits per heavy atom. The number of hydrogen-bond donors (Lipinski definition) is 1. The molecule has 1 saturated carbocycles. The summed E-state index contributed by atoms with van der Waals surface area (Å²) < 4.78 is 0. The van der Waals surface area contributed by atoms with Crippen molar-refractivity contribution in [3.05, 3.63) is 0 Å². The zero-order valence-electron chi connectivity index (χ0n) is 10.9. The Kier molecular flexibility index (Phi) is 7.29. The van der Waals surface area contributed by atoms with E-state index in [1.807, 2.05) is 6.92 Å². The zero-order valence-corrected chi connectivity index (χ0v) is 10.9. The summed E-state index contributed by atoms with van der Waals surface area (Å²) >= 11 is 0. The quantitative estimate of drug-likeness (QED) is 0.548. The molecule has 0 atom stereocenters. The fourth-order valence-electron chi connectivity index (χ4n) is 2.40. The van der Waals surface area contributed by atoms with Gasteiger partial charge in [-0.15, -0.1) is 5.92 Å². The summed E-state index contributed by atoms with van der Waals surface area (Å²) in [5, 5.41) is 3.34. The van der Waals surface area contributed by atoms with Crippen molar-refractivity contribution < 1.29 is 0 Å². The first-order valence-corrected chi connectivity index (χ1v) is 6.65. The highest BCUT2D eigenvalue weighted by Gasteiger charge is 2.16. The van der Waals surface area contributed by atoms with E-state index in [2.05, 4.69) is 29.1 Å². The van der Waals surface area contributed by atoms with Gasteiger partial charge in [0.25, 0.3) is 0 Å². The molecular formula is C14H26N2. The molecule has 2 heteroatoms. The van der Waals surface area contributed by atoms with E-state index in [0.29, 0.717) is 0 Å². The number of nitrogens with zero attached hydrogens (tertiary/aromatic N) is 1. The summed E-state index contributed by atoms with van der Waals surface area (Å²) in [4.78, 5) is 2.55. The Morgan fingerprint density at radius 1 is 1.25 bits per heavy atom. The molecule has 0 saturated heterocycles. The maximum atomic E-state index is 3.34. The van der Waals surface area contributed by atoms with Gasteiger partial charge in [0.1, 0.15) is 0 Å². The van der Waals surface area contributed by atoms with Gasteiger partial charge in [0.15, 0.2) is 0 Å². The molecule has 1 rings (SSSR count). The second kappa shape index (κ2) is 8.61. The minimum absolute atomic E-state index is 0.837. The highest BCUT2D eigenvalue weighted by atomic mass is 15.1. The summed E-state index contributed by atoms with van der Waals surface area (Å²) in [5.41, 5.74) is 0. The molecule has 92 valence electrons. The van der Waals surface area contributed by atoms with Crippen LogP contribution in [0.4, 0.5) is 0 Å². The molecule has 0 aliphatic heterocycles. The van der Waals surface area contributed by atoms with Gasteiger partial charge in [-0.25, -0.2) is 0 Å². The molecule has 0 unspecified atom stereocenters. The topological polar surface area (TPSA) is 15.3 Å². The lowest BCUT2D eigenvalue weighted by Gasteiger charge is -2.31. The highest BCUT2D eigenvalue weighted by Crippen LogP contribution is 2.21. The van der Waals surface area contributed by atoms with Crippen molar-refractivity contribution in [2.24, 2.45) is 0 Å². The molecule has 1 fully saturated rings. The monoisotopic (exact) mass is 222 g/mol. The molecular weight excluding hydrogens is 196 g/mol. The van der Waals surface area contributed by atoms with Crippen LogP contribution in [0.2, 0.25) is 0 Å². The van der Waals surface area contributed by atoms with Gasteiger partial charge in [0.2, 0.25) is 0 Å². The average molecular weight is 222 g/mol. The second-order valence-corrected chi connectivity index (χ2v) is 4.73. The van der Waals surface area contributed by atoms with Gasteiger partial charge in [-0.2, -0.15) is 0 Å². The molecule has 16 heavy (non-hydrogen) atoms. The first kappa shape index (κ1) is 13.5. The first-order valence-electron chi connectivity index (χ1n) is 6.65. The zero-order chi connectivity index (χ0) is 11.6. The van der Waals surface area contributed by atoms with Crippen LogP contribution in [0, 0.1) is 11.8 Å². The largest absolute Gasteiger partial charge is 0.306 e. The molecule has 1 aliphatic carbocycles. The van der Waals surface area contributed by atoms with Crippen molar-refractivity contribution in [1.82, 2.24) is 10.2 Å². The Balaban J connectivity index is 2.00. The van der Waals surface area contributed by atoms with Gasteiger partial charge < -0.3 is 10.2 Å². The third-order valence-corrected chi connectivity index (χ3v) is 3.45. The van der Waals surface area contributed by atoms with Crippen molar-refractivity contribution in [2.45, 2.75) is 51.5 Å². The number of nitrogens with one attached hydrogen (secondary N) is 1. The van der Waals surface area contributed by atoms with Gasteiger partial charge >= 0.3 is 0 Å². The van der Waals surface area contributed by atoms with E-state index in [4.69, 9.17) is 0 Å². The minimum Gasteiger partial charge on any atom is -0.306 e. The molecule has 0 aromatic carbocycles. The summed E-state index contributed by atoms with van der Waals surface area (Å²) in [6, 6.07) is 0.851. The van der Waals surface area contributed by atoms with Crippen LogP contribution >= 0.6 is 0 Å². The first-order chi connectivity index (χ1) is 7.84. The van der Waals surface area contributed by atoms with Crippen molar-refractivity contribution in [1.29, 1.82) is 0 Å². The molecule has 0 aromatic rings. The van der Waals surface area contributed by atoms with Crippen molar-refractivity contribution >= 4 is 0 Å². The van der Waals surface area contributed by atoms with Crippen LogP contribution in [-0.4, -0.2) is 37.6 Å². The van der Waals surface area contributed by atoms with Crippen LogP contribution in [0.3, 0.4) is 0 Å². The second-order valence-electron chi connectivity index (χ2n) is 4.73. The van der Waals surface area contributed by atoms with Crippen LogP contribution in [0.1, 0.15) is 45.4 Å². The Bertz CT molecular complexity index is 221. The standard InChI is InChI=1S/C14H26N2/c1-3-4-11-15-12-8-13-16(2)14-9-6-5-7-10-14/h14-15H,5-13H2,1-2H3. The van der Waals surface area contributed by atoms with E-state index < -0.39 is 0 Å². The van der Waals surface area contributed by atoms with Crippen LogP contribution < -0.4 is 5.32 Å². The normalized spacial score (nSPS) is 17.2. The van der Waals surface area contributed by atoms with Gasteiger partial charge in [0, 0.05) is 6.04 Å². The van der Waals surface area contributed by atoms with Crippen molar-refractivity contribution in [3.8, 4) is 11.8 Å². The maximum absolute atomic E-state index is 3.34. The number of hydrogen-bond acceptors (Lipinski definition) is 2. The van der Waals surface area contributed by atoms with E-state index in [-0.39, 0.29) is 0 Å². The fourth-order valence-corrected chi connectivity index (χ4v) is 2.40. The van der Waals surface area contributed by atoms with E-state index >= 15 is 0 Å².